The van der Waals surface area contributed by atoms with Crippen LogP contribution in [-0.4, -0.2) is 37.0 Å². The standard InChI is InChI=1S/C14H15N3O4S/c15-9-10-5-1-2-7-12(10)22(20,21)17-8-4-3-6-11(18)13(17)14(16)19/h1-2,5,7,13H,3-4,6,8H2,(H2,16,19). The third-order valence-electron chi connectivity index (χ3n) is 3.51. The van der Waals surface area contributed by atoms with Crippen molar-refractivity contribution in [3.05, 3.63) is 29.8 Å². The summed E-state index contributed by atoms with van der Waals surface area (Å²) in [6.45, 7) is 0.0153. The number of carbonyl (C=O) groups is 2. The first kappa shape index (κ1) is 16.1. The predicted octanol–water partition coefficient (Wildman–Crippen LogP) is 0.156. The number of sulfonamides is 1. The number of benzene rings is 1. The minimum Gasteiger partial charge on any atom is -0.368 e. The predicted molar refractivity (Wildman–Crippen MR) is 76.9 cm³/mol. The summed E-state index contributed by atoms with van der Waals surface area (Å²) in [5.41, 5.74) is 5.19. The van der Waals surface area contributed by atoms with Crippen LogP contribution in [0, 0.1) is 11.3 Å². The van der Waals surface area contributed by atoms with E-state index in [2.05, 4.69) is 0 Å². The van der Waals surface area contributed by atoms with Gasteiger partial charge in [-0.3, -0.25) is 9.59 Å². The minimum absolute atomic E-state index is 0.0153. The van der Waals surface area contributed by atoms with Crippen molar-refractivity contribution in [3.8, 4) is 6.07 Å². The van der Waals surface area contributed by atoms with Gasteiger partial charge in [-0.25, -0.2) is 8.42 Å². The molecule has 1 aromatic rings. The lowest BCUT2D eigenvalue weighted by atomic mass is 10.1. The van der Waals surface area contributed by atoms with Gasteiger partial charge in [-0.05, 0) is 25.0 Å². The number of nitrogens with zero attached hydrogens (tertiary/aromatic N) is 2. The SMILES string of the molecule is N#Cc1ccccc1S(=O)(=O)N1CCCCC(=O)C1C(N)=O. The fourth-order valence-corrected chi connectivity index (χ4v) is 4.23. The Balaban J connectivity index is 2.57. The molecule has 0 spiro atoms. The Bertz CT molecular complexity index is 752. The Morgan fingerprint density at radius 1 is 1.32 bits per heavy atom. The Hall–Kier alpha value is -2.24. The van der Waals surface area contributed by atoms with E-state index in [4.69, 9.17) is 11.0 Å². The number of nitrogens with two attached hydrogens (primary N) is 1. The van der Waals surface area contributed by atoms with Crippen LogP contribution in [0.2, 0.25) is 0 Å². The molecule has 2 rings (SSSR count). The maximum atomic E-state index is 12.8. The summed E-state index contributed by atoms with van der Waals surface area (Å²) < 4.78 is 26.4. The maximum absolute atomic E-state index is 12.8. The van der Waals surface area contributed by atoms with Crippen molar-refractivity contribution < 1.29 is 18.0 Å². The molecule has 0 aromatic heterocycles. The summed E-state index contributed by atoms with van der Waals surface area (Å²) in [6, 6.07) is 5.95. The molecule has 0 saturated carbocycles. The Morgan fingerprint density at radius 3 is 2.64 bits per heavy atom. The summed E-state index contributed by atoms with van der Waals surface area (Å²) in [6.07, 6.45) is 1.05. The van der Waals surface area contributed by atoms with E-state index in [1.165, 1.54) is 24.3 Å². The first-order valence-electron chi connectivity index (χ1n) is 6.72. The highest BCUT2D eigenvalue weighted by Crippen LogP contribution is 2.25. The van der Waals surface area contributed by atoms with Crippen LogP contribution < -0.4 is 5.73 Å². The first-order valence-corrected chi connectivity index (χ1v) is 8.16. The Morgan fingerprint density at radius 2 is 2.00 bits per heavy atom. The molecule has 1 heterocycles. The fourth-order valence-electron chi connectivity index (χ4n) is 2.46. The average molecular weight is 321 g/mol. The molecule has 7 nitrogen and oxygen atoms in total. The van der Waals surface area contributed by atoms with Crippen LogP contribution in [0.25, 0.3) is 0 Å². The molecule has 0 bridgehead atoms. The molecule has 8 heteroatoms. The highest BCUT2D eigenvalue weighted by atomic mass is 32.2. The van der Waals surface area contributed by atoms with E-state index in [9.17, 15) is 18.0 Å². The van der Waals surface area contributed by atoms with Gasteiger partial charge in [-0.15, -0.1) is 0 Å². The van der Waals surface area contributed by atoms with Gasteiger partial charge in [0.05, 0.1) is 10.5 Å². The van der Waals surface area contributed by atoms with Gasteiger partial charge in [0.1, 0.15) is 6.07 Å². The Kier molecular flexibility index (Phi) is 4.59. The number of carbonyl (C=O) groups excluding carboxylic acids is 2. The molecule has 1 aliphatic rings. The van der Waals surface area contributed by atoms with Crippen molar-refractivity contribution in [2.45, 2.75) is 30.2 Å². The molecule has 0 radical (unpaired) electrons. The van der Waals surface area contributed by atoms with Gasteiger partial charge in [-0.2, -0.15) is 9.57 Å². The van der Waals surface area contributed by atoms with Crippen LogP contribution in [0.1, 0.15) is 24.8 Å². The quantitative estimate of drug-likeness (QED) is 0.794. The molecule has 116 valence electrons. The topological polar surface area (TPSA) is 121 Å². The lowest BCUT2D eigenvalue weighted by Gasteiger charge is -2.26. The van der Waals surface area contributed by atoms with Gasteiger partial charge < -0.3 is 5.73 Å². The van der Waals surface area contributed by atoms with Crippen LogP contribution in [0.4, 0.5) is 0 Å². The van der Waals surface area contributed by atoms with E-state index in [1.807, 2.05) is 0 Å². The number of ketones is 1. The zero-order valence-corrected chi connectivity index (χ0v) is 12.5. The number of rotatable bonds is 3. The maximum Gasteiger partial charge on any atom is 0.245 e. The molecule has 1 aliphatic heterocycles. The third kappa shape index (κ3) is 2.86. The smallest absolute Gasteiger partial charge is 0.245 e. The van der Waals surface area contributed by atoms with E-state index in [1.54, 1.807) is 6.07 Å². The second-order valence-corrected chi connectivity index (χ2v) is 6.81. The van der Waals surface area contributed by atoms with Crippen molar-refractivity contribution in [2.24, 2.45) is 5.73 Å². The van der Waals surface area contributed by atoms with Crippen LogP contribution in [0.15, 0.2) is 29.2 Å². The molecular formula is C14H15N3O4S. The molecule has 2 N–H and O–H groups in total. The van der Waals surface area contributed by atoms with Crippen molar-refractivity contribution in [2.75, 3.05) is 6.54 Å². The molecule has 1 atom stereocenters. The Labute approximate surface area is 128 Å². The molecular weight excluding hydrogens is 306 g/mol. The first-order chi connectivity index (χ1) is 10.4. The fraction of sp³-hybridized carbons (Fsp3) is 0.357. The van der Waals surface area contributed by atoms with Crippen molar-refractivity contribution in [3.63, 3.8) is 0 Å². The minimum atomic E-state index is -4.17. The lowest BCUT2D eigenvalue weighted by Crippen LogP contribution is -2.51. The largest absolute Gasteiger partial charge is 0.368 e. The summed E-state index contributed by atoms with van der Waals surface area (Å²) in [7, 11) is -4.17. The van der Waals surface area contributed by atoms with Crippen LogP contribution in [0.3, 0.4) is 0 Å². The van der Waals surface area contributed by atoms with Crippen molar-refractivity contribution in [1.82, 2.24) is 4.31 Å². The third-order valence-corrected chi connectivity index (χ3v) is 5.43. The molecule has 1 amide bonds. The number of Topliss-reactive ketones (excluding diaryl/α,β-unsaturated/α-hetero) is 1. The monoisotopic (exact) mass is 321 g/mol. The van der Waals surface area contributed by atoms with Crippen LogP contribution in [0.5, 0.6) is 0 Å². The zero-order valence-electron chi connectivity index (χ0n) is 11.7. The number of nitriles is 1. The molecule has 1 unspecified atom stereocenters. The van der Waals surface area contributed by atoms with E-state index < -0.39 is 27.8 Å². The van der Waals surface area contributed by atoms with Gasteiger partial charge in [-0.1, -0.05) is 12.1 Å². The average Bonchev–Trinajstić information content (AvgIpc) is 2.69. The van der Waals surface area contributed by atoms with E-state index in [-0.39, 0.29) is 23.4 Å². The number of amides is 1. The summed E-state index contributed by atoms with van der Waals surface area (Å²) >= 11 is 0. The number of hydrogen-bond donors (Lipinski definition) is 1. The molecule has 0 aliphatic carbocycles. The second-order valence-electron chi connectivity index (χ2n) is 4.95. The number of primary amides is 1. The molecule has 1 aromatic carbocycles. The molecule has 22 heavy (non-hydrogen) atoms. The van der Waals surface area contributed by atoms with Crippen molar-refractivity contribution >= 4 is 21.7 Å². The number of hydrogen-bond acceptors (Lipinski definition) is 5. The van der Waals surface area contributed by atoms with Gasteiger partial charge in [0.15, 0.2) is 11.8 Å². The van der Waals surface area contributed by atoms with E-state index in [0.717, 1.165) is 4.31 Å². The zero-order chi connectivity index (χ0) is 16.3. The van der Waals surface area contributed by atoms with E-state index >= 15 is 0 Å². The van der Waals surface area contributed by atoms with Crippen LogP contribution in [-0.2, 0) is 19.6 Å². The lowest BCUT2D eigenvalue weighted by molar-refractivity contribution is -0.131. The van der Waals surface area contributed by atoms with Gasteiger partial charge in [0.25, 0.3) is 0 Å². The second kappa shape index (κ2) is 6.25. The van der Waals surface area contributed by atoms with Gasteiger partial charge >= 0.3 is 0 Å². The highest BCUT2D eigenvalue weighted by Gasteiger charge is 2.41. The summed E-state index contributed by atoms with van der Waals surface area (Å²) in [5, 5.41) is 9.07. The van der Waals surface area contributed by atoms with Crippen LogP contribution >= 0.6 is 0 Å². The normalized spacial score (nSPS) is 20.1. The van der Waals surface area contributed by atoms with Gasteiger partial charge in [0, 0.05) is 13.0 Å². The summed E-state index contributed by atoms with van der Waals surface area (Å²) in [5.74, 6) is -1.51. The van der Waals surface area contributed by atoms with E-state index in [0.29, 0.717) is 12.8 Å². The van der Waals surface area contributed by atoms with Crippen molar-refractivity contribution in [1.29, 1.82) is 5.26 Å². The summed E-state index contributed by atoms with van der Waals surface area (Å²) in [4.78, 5) is 23.4. The molecule has 1 saturated heterocycles. The van der Waals surface area contributed by atoms with Gasteiger partial charge in [0.2, 0.25) is 15.9 Å². The highest BCUT2D eigenvalue weighted by molar-refractivity contribution is 7.89. The molecule has 1 fully saturated rings.